The lowest BCUT2D eigenvalue weighted by molar-refractivity contribution is -0.144. The van der Waals surface area contributed by atoms with Gasteiger partial charge in [0.25, 0.3) is 0 Å². The van der Waals surface area contributed by atoms with Gasteiger partial charge in [-0.25, -0.2) is 0 Å². The highest BCUT2D eigenvalue weighted by Gasteiger charge is 2.29. The van der Waals surface area contributed by atoms with Gasteiger partial charge in [-0.05, 0) is 35.7 Å². The second-order valence-corrected chi connectivity index (χ2v) is 6.27. The monoisotopic (exact) mass is 317 g/mol. The third-order valence-corrected chi connectivity index (χ3v) is 4.44. The quantitative estimate of drug-likeness (QED) is 0.869. The predicted octanol–water partition coefficient (Wildman–Crippen LogP) is 2.46. The number of aryl methyl sites for hydroxylation is 1. The summed E-state index contributed by atoms with van der Waals surface area (Å²) in [5, 5.41) is 4.13. The minimum atomic E-state index is -0.0181. The number of aromatic nitrogens is 2. The van der Waals surface area contributed by atoms with Crippen LogP contribution in [0.25, 0.3) is 0 Å². The lowest BCUT2D eigenvalue weighted by Gasteiger charge is -2.36. The van der Waals surface area contributed by atoms with E-state index in [2.05, 4.69) is 21.4 Å². The van der Waals surface area contributed by atoms with E-state index in [1.807, 2.05) is 17.2 Å². The topological polar surface area (TPSA) is 55.3 Å². The van der Waals surface area contributed by atoms with E-state index in [1.165, 1.54) is 0 Å². The fourth-order valence-electron chi connectivity index (χ4n) is 2.65. The predicted molar refractivity (Wildman–Crippen MR) is 84.5 cm³/mol. The zero-order valence-electron chi connectivity index (χ0n) is 12.5. The average molecular weight is 317 g/mol. The van der Waals surface area contributed by atoms with Gasteiger partial charge in [-0.3, -0.25) is 14.8 Å². The van der Waals surface area contributed by atoms with Gasteiger partial charge in [0.05, 0.1) is 18.3 Å². The second kappa shape index (κ2) is 6.98. The lowest BCUT2D eigenvalue weighted by Crippen LogP contribution is -2.46. The van der Waals surface area contributed by atoms with E-state index in [0.29, 0.717) is 25.9 Å². The van der Waals surface area contributed by atoms with E-state index < -0.39 is 0 Å². The number of hydrogen-bond donors (Lipinski definition) is 0. The number of nitrogens with zero attached hydrogens (tertiary/aromatic N) is 3. The Kier molecular flexibility index (Phi) is 4.80. The average Bonchev–Trinajstić information content (AvgIpc) is 3.07. The Morgan fingerprint density at radius 1 is 1.45 bits per heavy atom. The van der Waals surface area contributed by atoms with Gasteiger partial charge in [-0.1, -0.05) is 0 Å². The normalized spacial score (nSPS) is 21.8. The SMILES string of the molecule is C[C@H]1CN(C(=O)CCc2cnccn2)C[C@H](c2ccsc2)O1. The summed E-state index contributed by atoms with van der Waals surface area (Å²) in [5.41, 5.74) is 2.01. The summed E-state index contributed by atoms with van der Waals surface area (Å²) >= 11 is 1.65. The Balaban J connectivity index is 1.59. The first kappa shape index (κ1) is 15.1. The first-order chi connectivity index (χ1) is 10.7. The summed E-state index contributed by atoms with van der Waals surface area (Å²) in [6.07, 6.45) is 6.13. The first-order valence-corrected chi connectivity index (χ1v) is 8.37. The molecule has 1 aliphatic heterocycles. The third-order valence-electron chi connectivity index (χ3n) is 3.74. The number of ether oxygens (including phenoxy) is 1. The molecule has 2 aromatic heterocycles. The second-order valence-electron chi connectivity index (χ2n) is 5.49. The van der Waals surface area contributed by atoms with Crippen molar-refractivity contribution in [2.24, 2.45) is 0 Å². The van der Waals surface area contributed by atoms with Crippen LogP contribution in [0.1, 0.15) is 30.7 Å². The minimum Gasteiger partial charge on any atom is -0.367 e. The molecule has 2 atom stereocenters. The van der Waals surface area contributed by atoms with Crippen molar-refractivity contribution < 1.29 is 9.53 Å². The number of thiophene rings is 1. The molecule has 0 saturated carbocycles. The number of carbonyl (C=O) groups is 1. The molecule has 0 N–H and O–H groups in total. The van der Waals surface area contributed by atoms with E-state index in [0.717, 1.165) is 11.3 Å². The molecule has 1 amide bonds. The molecule has 0 unspecified atom stereocenters. The van der Waals surface area contributed by atoms with Crippen LogP contribution in [0.4, 0.5) is 0 Å². The van der Waals surface area contributed by atoms with Crippen LogP contribution in [0.5, 0.6) is 0 Å². The molecule has 0 radical (unpaired) electrons. The number of hydrogen-bond acceptors (Lipinski definition) is 5. The van der Waals surface area contributed by atoms with Gasteiger partial charge in [0.2, 0.25) is 5.91 Å². The van der Waals surface area contributed by atoms with Crippen LogP contribution in [0.2, 0.25) is 0 Å². The standard InChI is InChI=1S/C16H19N3O2S/c1-12-9-19(10-15(21-12)13-4-7-22-11-13)16(20)3-2-14-8-17-5-6-18-14/h4-8,11-12,15H,2-3,9-10H2,1H3/t12-,15+/m0/s1. The Bertz CT molecular complexity index is 603. The maximum atomic E-state index is 12.5. The molecule has 1 aliphatic rings. The molecule has 3 rings (SSSR count). The van der Waals surface area contributed by atoms with Gasteiger partial charge in [-0.2, -0.15) is 11.3 Å². The van der Waals surface area contributed by atoms with Gasteiger partial charge >= 0.3 is 0 Å². The Labute approximate surface area is 134 Å². The molecule has 116 valence electrons. The van der Waals surface area contributed by atoms with Crippen LogP contribution in [-0.2, 0) is 16.0 Å². The minimum absolute atomic E-state index is 0.0181. The molecule has 22 heavy (non-hydrogen) atoms. The maximum Gasteiger partial charge on any atom is 0.223 e. The lowest BCUT2D eigenvalue weighted by atomic mass is 10.1. The molecule has 0 aliphatic carbocycles. The van der Waals surface area contributed by atoms with Crippen molar-refractivity contribution in [1.29, 1.82) is 0 Å². The van der Waals surface area contributed by atoms with Crippen molar-refractivity contribution in [3.63, 3.8) is 0 Å². The fourth-order valence-corrected chi connectivity index (χ4v) is 3.35. The van der Waals surface area contributed by atoms with Crippen molar-refractivity contribution >= 4 is 17.2 Å². The van der Waals surface area contributed by atoms with E-state index in [4.69, 9.17) is 4.74 Å². The van der Waals surface area contributed by atoms with Crippen molar-refractivity contribution in [2.45, 2.75) is 32.0 Å². The number of rotatable bonds is 4. The molecule has 0 spiro atoms. The molecular formula is C16H19N3O2S. The van der Waals surface area contributed by atoms with Gasteiger partial charge in [0.1, 0.15) is 6.10 Å². The molecule has 1 fully saturated rings. The molecule has 0 bridgehead atoms. The van der Waals surface area contributed by atoms with Crippen LogP contribution in [0.3, 0.4) is 0 Å². The maximum absolute atomic E-state index is 12.5. The highest BCUT2D eigenvalue weighted by atomic mass is 32.1. The van der Waals surface area contributed by atoms with Crippen LogP contribution in [0.15, 0.2) is 35.4 Å². The Morgan fingerprint density at radius 2 is 2.36 bits per heavy atom. The Morgan fingerprint density at radius 3 is 3.09 bits per heavy atom. The van der Waals surface area contributed by atoms with Gasteiger partial charge in [-0.15, -0.1) is 0 Å². The van der Waals surface area contributed by atoms with Crippen molar-refractivity contribution in [2.75, 3.05) is 13.1 Å². The van der Waals surface area contributed by atoms with E-state index >= 15 is 0 Å². The summed E-state index contributed by atoms with van der Waals surface area (Å²) in [6, 6.07) is 2.07. The third kappa shape index (κ3) is 3.69. The van der Waals surface area contributed by atoms with E-state index in [1.54, 1.807) is 29.9 Å². The number of morpholine rings is 1. The first-order valence-electron chi connectivity index (χ1n) is 7.42. The summed E-state index contributed by atoms with van der Waals surface area (Å²) in [5.74, 6) is 0.154. The van der Waals surface area contributed by atoms with Gasteiger partial charge in [0, 0.05) is 31.6 Å². The summed E-state index contributed by atoms with van der Waals surface area (Å²) in [7, 11) is 0. The zero-order chi connectivity index (χ0) is 15.4. The van der Waals surface area contributed by atoms with Crippen LogP contribution in [-0.4, -0.2) is 40.0 Å². The van der Waals surface area contributed by atoms with Crippen molar-refractivity contribution in [3.05, 3.63) is 46.7 Å². The molecule has 2 aromatic rings. The fraction of sp³-hybridized carbons (Fsp3) is 0.438. The van der Waals surface area contributed by atoms with Crippen LogP contribution < -0.4 is 0 Å². The van der Waals surface area contributed by atoms with E-state index in [9.17, 15) is 4.79 Å². The molecule has 1 saturated heterocycles. The van der Waals surface area contributed by atoms with Crippen LogP contribution in [0, 0.1) is 0 Å². The molecule has 3 heterocycles. The summed E-state index contributed by atoms with van der Waals surface area (Å²) in [6.45, 7) is 3.29. The van der Waals surface area contributed by atoms with Crippen molar-refractivity contribution in [1.82, 2.24) is 14.9 Å². The van der Waals surface area contributed by atoms with Gasteiger partial charge < -0.3 is 9.64 Å². The van der Waals surface area contributed by atoms with Gasteiger partial charge in [0.15, 0.2) is 0 Å². The molecular weight excluding hydrogens is 298 g/mol. The highest BCUT2D eigenvalue weighted by molar-refractivity contribution is 7.07. The Hall–Kier alpha value is -1.79. The molecule has 6 heteroatoms. The summed E-state index contributed by atoms with van der Waals surface area (Å²) < 4.78 is 5.96. The van der Waals surface area contributed by atoms with E-state index in [-0.39, 0.29) is 18.1 Å². The molecule has 5 nitrogen and oxygen atoms in total. The van der Waals surface area contributed by atoms with Crippen molar-refractivity contribution in [3.8, 4) is 0 Å². The smallest absolute Gasteiger partial charge is 0.223 e. The summed E-state index contributed by atoms with van der Waals surface area (Å²) in [4.78, 5) is 22.6. The molecule has 0 aromatic carbocycles. The zero-order valence-corrected chi connectivity index (χ0v) is 13.3. The number of amides is 1. The number of carbonyl (C=O) groups excluding carboxylic acids is 1. The van der Waals surface area contributed by atoms with Crippen LogP contribution >= 0.6 is 11.3 Å². The largest absolute Gasteiger partial charge is 0.367 e. The highest BCUT2D eigenvalue weighted by Crippen LogP contribution is 2.27.